The third kappa shape index (κ3) is 4.17. The average molecular weight is 405 g/mol. The second-order valence-corrected chi connectivity index (χ2v) is 6.92. The molecule has 0 aliphatic rings. The number of halogens is 1. The Kier molecular flexibility index (Phi) is 5.35. The maximum atomic E-state index is 12.9. The molecule has 0 unspecified atom stereocenters. The highest BCUT2D eigenvalue weighted by Crippen LogP contribution is 2.20. The number of carbonyl (C=O) groups excluding carboxylic acids is 1. The van der Waals surface area contributed by atoms with Crippen LogP contribution in [-0.4, -0.2) is 20.7 Å². The van der Waals surface area contributed by atoms with Crippen molar-refractivity contribution in [3.8, 4) is 0 Å². The van der Waals surface area contributed by atoms with Gasteiger partial charge in [-0.05, 0) is 35.9 Å². The van der Waals surface area contributed by atoms with Gasteiger partial charge in [0.1, 0.15) is 6.54 Å². The molecule has 0 atom stereocenters. The third-order valence-corrected chi connectivity index (χ3v) is 4.84. The molecule has 1 amide bonds. The van der Waals surface area contributed by atoms with Gasteiger partial charge in [-0.15, -0.1) is 0 Å². The van der Waals surface area contributed by atoms with E-state index in [1.54, 1.807) is 48.8 Å². The van der Waals surface area contributed by atoms with Gasteiger partial charge in [-0.1, -0.05) is 41.9 Å². The number of anilines is 1. The lowest BCUT2D eigenvalue weighted by Gasteiger charge is -2.12. The molecule has 4 aromatic rings. The molecule has 2 heterocycles. The highest BCUT2D eigenvalue weighted by Gasteiger charge is 2.14. The zero-order valence-electron chi connectivity index (χ0n) is 15.4. The lowest BCUT2D eigenvalue weighted by atomic mass is 10.1. The molecule has 0 radical (unpaired) electrons. The van der Waals surface area contributed by atoms with E-state index in [0.717, 1.165) is 16.6 Å². The van der Waals surface area contributed by atoms with E-state index in [2.05, 4.69) is 15.4 Å². The molecule has 29 heavy (non-hydrogen) atoms. The van der Waals surface area contributed by atoms with Gasteiger partial charge < -0.3 is 5.32 Å². The summed E-state index contributed by atoms with van der Waals surface area (Å²) < 4.78 is 1.20. The Bertz CT molecular complexity index is 1240. The van der Waals surface area contributed by atoms with Crippen LogP contribution in [0.1, 0.15) is 11.3 Å². The predicted octanol–water partition coefficient (Wildman–Crippen LogP) is 3.67. The fourth-order valence-corrected chi connectivity index (χ4v) is 3.31. The number of rotatable bonds is 5. The number of nitrogens with zero attached hydrogens (tertiary/aromatic N) is 3. The minimum atomic E-state index is -0.377. The van der Waals surface area contributed by atoms with E-state index in [1.165, 1.54) is 4.68 Å². The molecule has 1 N–H and O–H groups in total. The summed E-state index contributed by atoms with van der Waals surface area (Å²) in [6.45, 7) is -0.210. The quantitative estimate of drug-likeness (QED) is 0.550. The first kappa shape index (κ1) is 18.8. The topological polar surface area (TPSA) is 76.9 Å². The predicted molar refractivity (Wildman–Crippen MR) is 113 cm³/mol. The lowest BCUT2D eigenvalue weighted by Crippen LogP contribution is -2.30. The summed E-state index contributed by atoms with van der Waals surface area (Å²) in [5.74, 6) is -0.377. The van der Waals surface area contributed by atoms with Crippen molar-refractivity contribution in [3.05, 3.63) is 99.7 Å². The lowest BCUT2D eigenvalue weighted by molar-refractivity contribution is -0.117. The average Bonchev–Trinajstić information content (AvgIpc) is 2.74. The zero-order valence-corrected chi connectivity index (χ0v) is 16.1. The maximum Gasteiger partial charge on any atom is 0.275 e. The Hall–Kier alpha value is -3.51. The molecular formula is C22H17ClN4O2. The van der Waals surface area contributed by atoms with E-state index < -0.39 is 0 Å². The number of amides is 1. The van der Waals surface area contributed by atoms with E-state index in [4.69, 9.17) is 11.6 Å². The Labute approximate surface area is 171 Å². The van der Waals surface area contributed by atoms with Gasteiger partial charge in [0.25, 0.3) is 5.56 Å². The number of carbonyl (C=O) groups is 1. The van der Waals surface area contributed by atoms with Crippen molar-refractivity contribution in [1.29, 1.82) is 0 Å². The molecule has 0 fully saturated rings. The maximum absolute atomic E-state index is 12.9. The summed E-state index contributed by atoms with van der Waals surface area (Å²) in [5, 5.41) is 8.94. The number of pyridine rings is 1. The van der Waals surface area contributed by atoms with Crippen molar-refractivity contribution >= 4 is 34.0 Å². The van der Waals surface area contributed by atoms with Crippen molar-refractivity contribution in [2.75, 3.05) is 5.32 Å². The SMILES string of the molecule is O=C(Cn1nc(Cc2ccncc2)c2ccccc2c1=O)Nc1ccccc1Cl. The van der Waals surface area contributed by atoms with Gasteiger partial charge in [0, 0.05) is 24.2 Å². The van der Waals surface area contributed by atoms with Gasteiger partial charge >= 0.3 is 0 Å². The molecule has 144 valence electrons. The first-order valence-corrected chi connectivity index (χ1v) is 9.41. The van der Waals surface area contributed by atoms with Crippen LogP contribution < -0.4 is 10.9 Å². The van der Waals surface area contributed by atoms with E-state index in [0.29, 0.717) is 22.5 Å². The van der Waals surface area contributed by atoms with Crippen LogP contribution in [0.3, 0.4) is 0 Å². The van der Waals surface area contributed by atoms with Crippen LogP contribution in [0.4, 0.5) is 5.69 Å². The summed E-state index contributed by atoms with van der Waals surface area (Å²) in [6, 6.07) is 18.0. The van der Waals surface area contributed by atoms with E-state index in [9.17, 15) is 9.59 Å². The zero-order chi connectivity index (χ0) is 20.2. The van der Waals surface area contributed by atoms with E-state index in [1.807, 2.05) is 24.3 Å². The van der Waals surface area contributed by atoms with Gasteiger partial charge in [0.15, 0.2) is 0 Å². The molecule has 4 rings (SSSR count). The fourth-order valence-electron chi connectivity index (χ4n) is 3.13. The summed E-state index contributed by atoms with van der Waals surface area (Å²) >= 11 is 6.09. The van der Waals surface area contributed by atoms with Crippen LogP contribution in [0.2, 0.25) is 5.02 Å². The largest absolute Gasteiger partial charge is 0.323 e. The van der Waals surface area contributed by atoms with Crippen molar-refractivity contribution < 1.29 is 4.79 Å². The molecule has 7 heteroatoms. The second-order valence-electron chi connectivity index (χ2n) is 6.52. The van der Waals surface area contributed by atoms with Crippen LogP contribution in [0, 0.1) is 0 Å². The van der Waals surface area contributed by atoms with Crippen LogP contribution in [0.15, 0.2) is 77.9 Å². The molecule has 0 saturated heterocycles. The monoisotopic (exact) mass is 404 g/mol. The summed E-state index contributed by atoms with van der Waals surface area (Å²) in [5.41, 5.74) is 1.92. The van der Waals surface area contributed by atoms with Crippen molar-refractivity contribution in [1.82, 2.24) is 14.8 Å². The Morgan fingerprint density at radius 2 is 1.66 bits per heavy atom. The summed E-state index contributed by atoms with van der Waals surface area (Å²) in [7, 11) is 0. The number of nitrogens with one attached hydrogen (secondary N) is 1. The van der Waals surface area contributed by atoms with Gasteiger partial charge in [0.2, 0.25) is 5.91 Å². The molecular weight excluding hydrogens is 388 g/mol. The number of fused-ring (bicyclic) bond motifs is 1. The number of hydrogen-bond donors (Lipinski definition) is 1. The van der Waals surface area contributed by atoms with E-state index >= 15 is 0 Å². The van der Waals surface area contributed by atoms with E-state index in [-0.39, 0.29) is 18.0 Å². The molecule has 0 aliphatic carbocycles. The van der Waals surface area contributed by atoms with Gasteiger partial charge in [-0.2, -0.15) is 5.10 Å². The first-order chi connectivity index (χ1) is 14.1. The van der Waals surface area contributed by atoms with Crippen LogP contribution >= 0.6 is 11.6 Å². The minimum absolute atomic E-state index is 0.210. The molecule has 6 nitrogen and oxygen atoms in total. The Morgan fingerprint density at radius 1 is 0.966 bits per heavy atom. The second kappa shape index (κ2) is 8.24. The highest BCUT2D eigenvalue weighted by atomic mass is 35.5. The van der Waals surface area contributed by atoms with Gasteiger partial charge in [-0.25, -0.2) is 4.68 Å². The third-order valence-electron chi connectivity index (χ3n) is 4.51. The molecule has 0 aliphatic heterocycles. The normalized spacial score (nSPS) is 10.8. The highest BCUT2D eigenvalue weighted by molar-refractivity contribution is 6.33. The molecule has 0 spiro atoms. The van der Waals surface area contributed by atoms with Crippen molar-refractivity contribution in [2.45, 2.75) is 13.0 Å². The van der Waals surface area contributed by atoms with Crippen LogP contribution in [-0.2, 0) is 17.8 Å². The Morgan fingerprint density at radius 3 is 2.41 bits per heavy atom. The standard InChI is InChI=1S/C22H17ClN4O2/c23-18-7-3-4-8-19(18)25-21(28)14-27-22(29)17-6-2-1-5-16(17)20(26-27)13-15-9-11-24-12-10-15/h1-12H,13-14H2,(H,25,28). The summed E-state index contributed by atoms with van der Waals surface area (Å²) in [4.78, 5) is 29.4. The van der Waals surface area contributed by atoms with Crippen LogP contribution in [0.25, 0.3) is 10.8 Å². The smallest absolute Gasteiger partial charge is 0.275 e. The summed E-state index contributed by atoms with van der Waals surface area (Å²) in [6.07, 6.45) is 3.95. The fraction of sp³-hybridized carbons (Fsp3) is 0.0909. The number of para-hydroxylation sites is 1. The molecule has 2 aromatic carbocycles. The number of hydrogen-bond acceptors (Lipinski definition) is 4. The van der Waals surface area contributed by atoms with Gasteiger partial charge in [-0.3, -0.25) is 14.6 Å². The van der Waals surface area contributed by atoms with Crippen molar-refractivity contribution in [2.24, 2.45) is 0 Å². The number of aromatic nitrogens is 3. The molecule has 0 saturated carbocycles. The first-order valence-electron chi connectivity index (χ1n) is 9.04. The minimum Gasteiger partial charge on any atom is -0.323 e. The van der Waals surface area contributed by atoms with Crippen LogP contribution in [0.5, 0.6) is 0 Å². The van der Waals surface area contributed by atoms with Gasteiger partial charge in [0.05, 0.1) is 21.8 Å². The number of benzene rings is 2. The molecule has 2 aromatic heterocycles. The molecule has 0 bridgehead atoms. The Balaban J connectivity index is 1.69. The van der Waals surface area contributed by atoms with Crippen molar-refractivity contribution in [3.63, 3.8) is 0 Å².